The molecule has 1 aliphatic rings. The Morgan fingerprint density at radius 2 is 2.38 bits per heavy atom. The highest BCUT2D eigenvalue weighted by molar-refractivity contribution is 9.10. The van der Waals surface area contributed by atoms with E-state index in [2.05, 4.69) is 20.9 Å². The Morgan fingerprint density at radius 1 is 1.69 bits per heavy atom. The van der Waals surface area contributed by atoms with E-state index in [9.17, 15) is 9.18 Å². The van der Waals surface area contributed by atoms with Gasteiger partial charge >= 0.3 is 0 Å². The van der Waals surface area contributed by atoms with Crippen molar-refractivity contribution in [2.75, 3.05) is 13.1 Å². The van der Waals surface area contributed by atoms with Crippen LogP contribution in [0, 0.1) is 5.82 Å². The van der Waals surface area contributed by atoms with Crippen LogP contribution in [0.2, 0.25) is 0 Å². The molecule has 16 heavy (non-hydrogen) atoms. The van der Waals surface area contributed by atoms with E-state index in [1.54, 1.807) is 4.90 Å². The molecule has 4 nitrogen and oxygen atoms in total. The molecule has 1 aliphatic heterocycles. The number of nitrogens with zero attached hydrogens (tertiary/aromatic N) is 2. The first kappa shape index (κ1) is 11.3. The van der Waals surface area contributed by atoms with E-state index in [4.69, 9.17) is 4.74 Å². The molecule has 1 saturated heterocycles. The molecule has 0 bridgehead atoms. The lowest BCUT2D eigenvalue weighted by Crippen LogP contribution is -2.55. The number of pyridine rings is 1. The van der Waals surface area contributed by atoms with Crippen molar-refractivity contribution in [3.8, 4) is 5.88 Å². The van der Waals surface area contributed by atoms with E-state index >= 15 is 0 Å². The van der Waals surface area contributed by atoms with Gasteiger partial charge in [-0.25, -0.2) is 9.37 Å². The highest BCUT2D eigenvalue weighted by atomic mass is 79.9. The summed E-state index contributed by atoms with van der Waals surface area (Å²) in [6, 6.07) is 1.30. The Kier molecular flexibility index (Phi) is 3.09. The first-order chi connectivity index (χ1) is 7.56. The Bertz CT molecular complexity index is 421. The third kappa shape index (κ3) is 2.32. The Balaban J connectivity index is 1.94. The summed E-state index contributed by atoms with van der Waals surface area (Å²) in [5.74, 6) is -0.517. The predicted octanol–water partition coefficient (Wildman–Crippen LogP) is 1.59. The van der Waals surface area contributed by atoms with Crippen molar-refractivity contribution in [3.63, 3.8) is 0 Å². The molecule has 1 amide bonds. The van der Waals surface area contributed by atoms with E-state index in [0.717, 1.165) is 0 Å². The maximum atomic E-state index is 13.3. The zero-order chi connectivity index (χ0) is 11.7. The van der Waals surface area contributed by atoms with E-state index in [-0.39, 0.29) is 17.9 Å². The lowest BCUT2D eigenvalue weighted by molar-refractivity contribution is -0.137. The zero-order valence-electron chi connectivity index (χ0n) is 8.61. The van der Waals surface area contributed by atoms with Crippen molar-refractivity contribution in [1.29, 1.82) is 0 Å². The van der Waals surface area contributed by atoms with Crippen molar-refractivity contribution in [1.82, 2.24) is 9.88 Å². The maximum Gasteiger partial charge on any atom is 0.250 e. The molecule has 0 unspecified atom stereocenters. The summed E-state index contributed by atoms with van der Waals surface area (Å²) >= 11 is 3.11. The van der Waals surface area contributed by atoms with E-state index in [1.807, 2.05) is 0 Å². The average molecular weight is 289 g/mol. The number of ether oxygens (including phenoxy) is 1. The Labute approximate surface area is 101 Å². The van der Waals surface area contributed by atoms with Gasteiger partial charge in [-0.1, -0.05) is 0 Å². The summed E-state index contributed by atoms with van der Waals surface area (Å²) < 4.78 is 19.2. The molecule has 0 spiro atoms. The molecular weight excluding hydrogens is 279 g/mol. The van der Waals surface area contributed by atoms with Gasteiger partial charge in [0, 0.05) is 17.6 Å². The van der Waals surface area contributed by atoms with Gasteiger partial charge in [0.05, 0.1) is 13.1 Å². The lowest BCUT2D eigenvalue weighted by Gasteiger charge is -2.37. The van der Waals surface area contributed by atoms with E-state index < -0.39 is 5.82 Å². The van der Waals surface area contributed by atoms with Crippen molar-refractivity contribution < 1.29 is 13.9 Å². The van der Waals surface area contributed by atoms with Crippen LogP contribution < -0.4 is 4.74 Å². The molecule has 1 aromatic heterocycles. The van der Waals surface area contributed by atoms with Crippen LogP contribution in [0.5, 0.6) is 5.88 Å². The third-order valence-electron chi connectivity index (χ3n) is 2.35. The number of likely N-dealkylation sites (tertiary alicyclic amines) is 1. The summed E-state index contributed by atoms with van der Waals surface area (Å²) in [6.45, 7) is 2.48. The molecule has 1 aromatic rings. The number of carbonyl (C=O) groups excluding carboxylic acids is 1. The van der Waals surface area contributed by atoms with Gasteiger partial charge in [0.25, 0.3) is 5.88 Å². The highest BCUT2D eigenvalue weighted by Crippen LogP contribution is 2.21. The molecular formula is C10H10BrFN2O2. The topological polar surface area (TPSA) is 42.4 Å². The van der Waals surface area contributed by atoms with Crippen LogP contribution in [0.1, 0.15) is 6.92 Å². The minimum absolute atomic E-state index is 0.00378. The van der Waals surface area contributed by atoms with E-state index in [1.165, 1.54) is 19.2 Å². The van der Waals surface area contributed by atoms with Crippen LogP contribution in [0.3, 0.4) is 0 Å². The number of carbonyl (C=O) groups is 1. The Hall–Kier alpha value is -1.17. The molecule has 0 radical (unpaired) electrons. The van der Waals surface area contributed by atoms with Crippen LogP contribution in [0.15, 0.2) is 16.7 Å². The number of rotatable bonds is 2. The predicted molar refractivity (Wildman–Crippen MR) is 58.6 cm³/mol. The fourth-order valence-electron chi connectivity index (χ4n) is 1.42. The second-order valence-electron chi connectivity index (χ2n) is 3.60. The van der Waals surface area contributed by atoms with Gasteiger partial charge < -0.3 is 9.64 Å². The molecule has 2 rings (SSSR count). The number of hydrogen-bond acceptors (Lipinski definition) is 3. The van der Waals surface area contributed by atoms with Gasteiger partial charge in [0.1, 0.15) is 6.10 Å². The fourth-order valence-corrected chi connectivity index (χ4v) is 1.72. The minimum atomic E-state index is -0.504. The van der Waals surface area contributed by atoms with Gasteiger partial charge in [0.2, 0.25) is 5.91 Å². The van der Waals surface area contributed by atoms with Crippen molar-refractivity contribution in [3.05, 3.63) is 22.6 Å². The molecule has 0 atom stereocenters. The summed E-state index contributed by atoms with van der Waals surface area (Å²) in [4.78, 5) is 16.4. The molecule has 0 saturated carbocycles. The van der Waals surface area contributed by atoms with Crippen LogP contribution in [-0.2, 0) is 4.79 Å². The minimum Gasteiger partial charge on any atom is -0.468 e. The lowest BCUT2D eigenvalue weighted by atomic mass is 10.2. The van der Waals surface area contributed by atoms with Gasteiger partial charge in [-0.15, -0.1) is 0 Å². The molecule has 0 aliphatic carbocycles. The monoisotopic (exact) mass is 288 g/mol. The molecule has 0 N–H and O–H groups in total. The zero-order valence-corrected chi connectivity index (χ0v) is 10.2. The van der Waals surface area contributed by atoms with Crippen LogP contribution >= 0.6 is 15.9 Å². The van der Waals surface area contributed by atoms with Crippen LogP contribution in [0.25, 0.3) is 0 Å². The van der Waals surface area contributed by atoms with Crippen molar-refractivity contribution in [2.45, 2.75) is 13.0 Å². The first-order valence-electron chi connectivity index (χ1n) is 4.79. The standard InChI is InChI=1S/C10H10BrFN2O2/c1-6(15)14-4-8(5-14)16-10-9(12)2-7(11)3-13-10/h2-3,8H,4-5H2,1H3. The molecule has 86 valence electrons. The largest absolute Gasteiger partial charge is 0.468 e. The van der Waals surface area contributed by atoms with Gasteiger partial charge in [-0.2, -0.15) is 0 Å². The van der Waals surface area contributed by atoms with Crippen molar-refractivity contribution >= 4 is 21.8 Å². The number of hydrogen-bond donors (Lipinski definition) is 0. The molecule has 1 fully saturated rings. The van der Waals surface area contributed by atoms with Crippen molar-refractivity contribution in [2.24, 2.45) is 0 Å². The quantitative estimate of drug-likeness (QED) is 0.830. The van der Waals surface area contributed by atoms with Crippen LogP contribution in [-0.4, -0.2) is 35.0 Å². The average Bonchev–Trinajstić information content (AvgIpc) is 2.12. The number of amides is 1. The highest BCUT2D eigenvalue weighted by Gasteiger charge is 2.31. The molecule has 6 heteroatoms. The summed E-state index contributed by atoms with van der Waals surface area (Å²) in [5, 5.41) is 0. The van der Waals surface area contributed by atoms with E-state index in [0.29, 0.717) is 17.6 Å². The normalized spacial score (nSPS) is 15.8. The number of halogens is 2. The molecule has 2 heterocycles. The Morgan fingerprint density at radius 3 is 2.94 bits per heavy atom. The molecule has 0 aromatic carbocycles. The second-order valence-corrected chi connectivity index (χ2v) is 4.52. The smallest absolute Gasteiger partial charge is 0.250 e. The summed E-state index contributed by atoms with van der Waals surface area (Å²) in [5.41, 5.74) is 0. The van der Waals surface area contributed by atoms with Crippen LogP contribution in [0.4, 0.5) is 4.39 Å². The fraction of sp³-hybridized carbons (Fsp3) is 0.400. The summed E-state index contributed by atoms with van der Waals surface area (Å²) in [7, 11) is 0. The van der Waals surface area contributed by atoms with Gasteiger partial charge in [-0.05, 0) is 22.0 Å². The summed E-state index contributed by atoms with van der Waals surface area (Å²) in [6.07, 6.45) is 1.31. The maximum absolute atomic E-state index is 13.3. The first-order valence-corrected chi connectivity index (χ1v) is 5.59. The SMILES string of the molecule is CC(=O)N1CC(Oc2ncc(Br)cc2F)C1. The second kappa shape index (κ2) is 4.37. The number of aromatic nitrogens is 1. The van der Waals surface area contributed by atoms with Gasteiger partial charge in [-0.3, -0.25) is 4.79 Å². The van der Waals surface area contributed by atoms with Gasteiger partial charge in [0.15, 0.2) is 5.82 Å². The third-order valence-corrected chi connectivity index (χ3v) is 2.78.